The van der Waals surface area contributed by atoms with E-state index in [9.17, 15) is 4.79 Å². The maximum Gasteiger partial charge on any atom is 0.270 e. The third-order valence-corrected chi connectivity index (χ3v) is 4.91. The third kappa shape index (κ3) is 3.37. The molecule has 7 nitrogen and oxygen atoms in total. The van der Waals surface area contributed by atoms with E-state index in [1.807, 2.05) is 73.7 Å². The zero-order valence-corrected chi connectivity index (χ0v) is 16.3. The van der Waals surface area contributed by atoms with Gasteiger partial charge in [0.15, 0.2) is 11.5 Å². The molecule has 1 amide bonds. The Hall–Kier alpha value is -4.13. The number of amides is 1. The van der Waals surface area contributed by atoms with Gasteiger partial charge in [0, 0.05) is 10.9 Å². The average molecular weight is 394 g/mol. The van der Waals surface area contributed by atoms with Gasteiger partial charge in [-0.1, -0.05) is 54.1 Å². The topological polar surface area (TPSA) is 85.1 Å². The molecule has 0 aliphatic carbocycles. The average Bonchev–Trinajstić information content (AvgIpc) is 3.20. The third-order valence-electron chi connectivity index (χ3n) is 4.91. The first kappa shape index (κ1) is 17.9. The Morgan fingerprint density at radius 2 is 1.77 bits per heavy atom. The van der Waals surface area contributed by atoms with Crippen LogP contribution in [-0.2, 0) is 6.54 Å². The molecule has 5 aromatic rings. The predicted molar refractivity (Wildman–Crippen MR) is 114 cm³/mol. The number of pyridine rings is 1. The Bertz CT molecular complexity index is 1370. The van der Waals surface area contributed by atoms with Gasteiger partial charge in [0.1, 0.15) is 5.69 Å². The Morgan fingerprint density at radius 3 is 2.63 bits per heavy atom. The lowest BCUT2D eigenvalue weighted by atomic mass is 10.1. The van der Waals surface area contributed by atoms with Gasteiger partial charge in [0.2, 0.25) is 0 Å². The van der Waals surface area contributed by atoms with E-state index in [-0.39, 0.29) is 12.5 Å². The van der Waals surface area contributed by atoms with Crippen LogP contribution >= 0.6 is 0 Å². The van der Waals surface area contributed by atoms with Crippen molar-refractivity contribution in [3.05, 3.63) is 89.9 Å². The number of nitrogens with one attached hydrogen (secondary N) is 1. The largest absolute Gasteiger partial charge is 0.343 e. The van der Waals surface area contributed by atoms with Gasteiger partial charge in [-0.3, -0.25) is 4.79 Å². The summed E-state index contributed by atoms with van der Waals surface area (Å²) in [5.41, 5.74) is 4.77. The fourth-order valence-electron chi connectivity index (χ4n) is 3.26. The van der Waals surface area contributed by atoms with Crippen LogP contribution in [0, 0.1) is 6.92 Å². The molecular formula is C23H18N6O. The number of aryl methyl sites for hydroxylation is 1. The van der Waals surface area contributed by atoms with E-state index < -0.39 is 0 Å². The molecular weight excluding hydrogens is 376 g/mol. The van der Waals surface area contributed by atoms with Crippen LogP contribution in [0.4, 0.5) is 0 Å². The van der Waals surface area contributed by atoms with Crippen molar-refractivity contribution in [3.63, 3.8) is 0 Å². The zero-order chi connectivity index (χ0) is 20.5. The molecule has 3 heterocycles. The van der Waals surface area contributed by atoms with Crippen molar-refractivity contribution in [1.82, 2.24) is 30.1 Å². The van der Waals surface area contributed by atoms with Crippen LogP contribution < -0.4 is 5.32 Å². The van der Waals surface area contributed by atoms with Gasteiger partial charge in [0.05, 0.1) is 17.8 Å². The number of aromatic nitrogens is 5. The first-order chi connectivity index (χ1) is 14.7. The van der Waals surface area contributed by atoms with E-state index >= 15 is 0 Å². The van der Waals surface area contributed by atoms with Crippen LogP contribution in [0.3, 0.4) is 0 Å². The summed E-state index contributed by atoms with van der Waals surface area (Å²) >= 11 is 0. The maximum atomic E-state index is 12.6. The maximum absolute atomic E-state index is 12.6. The summed E-state index contributed by atoms with van der Waals surface area (Å²) in [6.07, 6.45) is 0. The lowest BCUT2D eigenvalue weighted by Crippen LogP contribution is -2.25. The van der Waals surface area contributed by atoms with Gasteiger partial charge < -0.3 is 5.32 Å². The Kier molecular flexibility index (Phi) is 4.40. The van der Waals surface area contributed by atoms with Crippen LogP contribution in [-0.4, -0.2) is 30.7 Å². The second-order valence-electron chi connectivity index (χ2n) is 7.04. The van der Waals surface area contributed by atoms with E-state index in [1.165, 1.54) is 5.56 Å². The molecule has 0 aliphatic heterocycles. The molecule has 0 bridgehead atoms. The number of hydrogen-bond donors (Lipinski definition) is 1. The normalized spacial score (nSPS) is 11.1. The Balaban J connectivity index is 1.38. The Morgan fingerprint density at radius 1 is 0.933 bits per heavy atom. The van der Waals surface area contributed by atoms with Crippen LogP contribution in [0.2, 0.25) is 0 Å². The molecule has 0 fully saturated rings. The molecule has 5 rings (SSSR count). The van der Waals surface area contributed by atoms with Crippen LogP contribution in [0.1, 0.15) is 21.9 Å². The van der Waals surface area contributed by atoms with Crippen molar-refractivity contribution < 1.29 is 4.79 Å². The van der Waals surface area contributed by atoms with E-state index in [0.29, 0.717) is 17.2 Å². The number of para-hydroxylation sites is 1. The molecule has 3 aromatic heterocycles. The highest BCUT2D eigenvalue weighted by Gasteiger charge is 2.12. The fourth-order valence-corrected chi connectivity index (χ4v) is 3.26. The minimum absolute atomic E-state index is 0.193. The number of nitrogens with zero attached hydrogens (tertiary/aromatic N) is 5. The van der Waals surface area contributed by atoms with Gasteiger partial charge in [0.25, 0.3) is 5.91 Å². The van der Waals surface area contributed by atoms with E-state index in [1.54, 1.807) is 10.6 Å². The number of carbonyl (C=O) groups is 1. The highest BCUT2D eigenvalue weighted by molar-refractivity contribution is 5.94. The molecule has 146 valence electrons. The molecule has 0 aliphatic rings. The summed E-state index contributed by atoms with van der Waals surface area (Å²) < 4.78 is 1.66. The molecule has 0 saturated heterocycles. The number of fused-ring (bicyclic) bond motifs is 2. The summed E-state index contributed by atoms with van der Waals surface area (Å²) in [7, 11) is 0. The molecule has 1 N–H and O–H groups in total. The lowest BCUT2D eigenvalue weighted by molar-refractivity contribution is 0.0945. The standard InChI is InChI=1S/C23H18N6O/c1-15-6-8-17(9-7-15)19-12-13-21-26-27-22(29(21)28-19)14-24-23(30)20-11-10-16-4-2-3-5-18(16)25-20/h2-13H,14H2,1H3,(H,24,30). The first-order valence-corrected chi connectivity index (χ1v) is 9.60. The van der Waals surface area contributed by atoms with Crippen LogP contribution in [0.25, 0.3) is 27.8 Å². The van der Waals surface area contributed by atoms with E-state index in [2.05, 4.69) is 25.6 Å². The quantitative estimate of drug-likeness (QED) is 0.504. The molecule has 2 aromatic carbocycles. The molecule has 7 heteroatoms. The molecule has 0 atom stereocenters. The lowest BCUT2D eigenvalue weighted by Gasteiger charge is -2.06. The minimum Gasteiger partial charge on any atom is -0.343 e. The van der Waals surface area contributed by atoms with Crippen molar-refractivity contribution in [3.8, 4) is 11.3 Å². The number of benzene rings is 2. The van der Waals surface area contributed by atoms with Crippen molar-refractivity contribution in [2.24, 2.45) is 0 Å². The summed E-state index contributed by atoms with van der Waals surface area (Å²) in [6.45, 7) is 2.24. The van der Waals surface area contributed by atoms with Crippen molar-refractivity contribution in [2.75, 3.05) is 0 Å². The highest BCUT2D eigenvalue weighted by Crippen LogP contribution is 2.18. The van der Waals surface area contributed by atoms with Gasteiger partial charge in [-0.15, -0.1) is 10.2 Å². The highest BCUT2D eigenvalue weighted by atomic mass is 16.1. The number of hydrogen-bond acceptors (Lipinski definition) is 5. The van der Waals surface area contributed by atoms with Gasteiger partial charge >= 0.3 is 0 Å². The van der Waals surface area contributed by atoms with Gasteiger partial charge in [-0.05, 0) is 31.2 Å². The Labute approximate surface area is 172 Å². The van der Waals surface area contributed by atoms with Gasteiger partial charge in [-0.25, -0.2) is 4.98 Å². The predicted octanol–water partition coefficient (Wildman–Crippen LogP) is 3.58. The molecule has 0 radical (unpaired) electrons. The van der Waals surface area contributed by atoms with E-state index in [4.69, 9.17) is 0 Å². The van der Waals surface area contributed by atoms with E-state index in [0.717, 1.165) is 22.2 Å². The zero-order valence-electron chi connectivity index (χ0n) is 16.3. The van der Waals surface area contributed by atoms with Crippen molar-refractivity contribution >= 4 is 22.5 Å². The van der Waals surface area contributed by atoms with Crippen LogP contribution in [0.15, 0.2) is 72.8 Å². The summed E-state index contributed by atoms with van der Waals surface area (Å²) in [5.74, 6) is 0.278. The summed E-state index contributed by atoms with van der Waals surface area (Å²) in [4.78, 5) is 17.0. The molecule has 0 saturated carbocycles. The monoisotopic (exact) mass is 394 g/mol. The summed E-state index contributed by atoms with van der Waals surface area (Å²) in [5, 5.41) is 16.8. The van der Waals surface area contributed by atoms with Crippen LogP contribution in [0.5, 0.6) is 0 Å². The molecule has 0 spiro atoms. The molecule has 0 unspecified atom stereocenters. The number of carbonyl (C=O) groups excluding carboxylic acids is 1. The second kappa shape index (κ2) is 7.36. The minimum atomic E-state index is -0.271. The van der Waals surface area contributed by atoms with Gasteiger partial charge in [-0.2, -0.15) is 9.61 Å². The van der Waals surface area contributed by atoms with Crippen molar-refractivity contribution in [1.29, 1.82) is 0 Å². The second-order valence-corrected chi connectivity index (χ2v) is 7.04. The number of rotatable bonds is 4. The molecule has 30 heavy (non-hydrogen) atoms. The first-order valence-electron chi connectivity index (χ1n) is 9.60. The fraction of sp³-hybridized carbons (Fsp3) is 0.0870. The summed E-state index contributed by atoms with van der Waals surface area (Å²) in [6, 6.07) is 23.2. The van der Waals surface area contributed by atoms with Crippen molar-refractivity contribution in [2.45, 2.75) is 13.5 Å². The smallest absolute Gasteiger partial charge is 0.270 e. The SMILES string of the molecule is Cc1ccc(-c2ccc3nnc(CNC(=O)c4ccc5ccccc5n4)n3n2)cc1.